The minimum atomic E-state index is -0.204. The fraction of sp³-hybridized carbons (Fsp3) is 0.323. The van der Waals surface area contributed by atoms with Gasteiger partial charge < -0.3 is 9.64 Å². The summed E-state index contributed by atoms with van der Waals surface area (Å²) in [6, 6.07) is 17.2. The highest BCUT2D eigenvalue weighted by molar-refractivity contribution is 7.22. The molecule has 7 heteroatoms. The van der Waals surface area contributed by atoms with Gasteiger partial charge in [-0.1, -0.05) is 29.8 Å². The van der Waals surface area contributed by atoms with Gasteiger partial charge in [-0.2, -0.15) is 5.10 Å². The average Bonchev–Trinajstić information content (AvgIpc) is 3.64. The molecule has 0 amide bonds. The Kier molecular flexibility index (Phi) is 6.40. The molecule has 194 valence electrons. The van der Waals surface area contributed by atoms with Crippen molar-refractivity contribution in [2.45, 2.75) is 40.0 Å². The van der Waals surface area contributed by atoms with E-state index in [0.29, 0.717) is 6.61 Å². The first-order valence-corrected chi connectivity index (χ1v) is 14.1. The van der Waals surface area contributed by atoms with Gasteiger partial charge in [-0.25, -0.2) is 4.98 Å². The Bertz CT molecular complexity index is 1660. The van der Waals surface area contributed by atoms with Gasteiger partial charge in [-0.15, -0.1) is 11.3 Å². The Morgan fingerprint density at radius 1 is 1.03 bits per heavy atom. The van der Waals surface area contributed by atoms with Crippen molar-refractivity contribution in [2.75, 3.05) is 24.6 Å². The number of hydrogen-bond acceptors (Lipinski definition) is 6. The maximum atomic E-state index is 12.6. The number of fused-ring (bicyclic) bond motifs is 2. The van der Waals surface area contributed by atoms with E-state index in [1.807, 2.05) is 18.7 Å². The highest BCUT2D eigenvalue weighted by Crippen LogP contribution is 2.42. The van der Waals surface area contributed by atoms with Crippen molar-refractivity contribution in [1.29, 1.82) is 0 Å². The van der Waals surface area contributed by atoms with Crippen molar-refractivity contribution in [1.82, 2.24) is 14.8 Å². The number of carbonyl (C=O) groups excluding carboxylic acids is 1. The normalized spacial score (nSPS) is 13.6. The summed E-state index contributed by atoms with van der Waals surface area (Å²) in [7, 11) is 2.01. The minimum absolute atomic E-state index is 0.204. The van der Waals surface area contributed by atoms with Gasteiger partial charge in [0.2, 0.25) is 0 Å². The average molecular weight is 525 g/mol. The molecule has 38 heavy (non-hydrogen) atoms. The molecular formula is C31H32N4O2S. The fourth-order valence-corrected chi connectivity index (χ4v) is 6.65. The first-order chi connectivity index (χ1) is 18.4. The zero-order chi connectivity index (χ0) is 26.4. The number of ether oxygens (including phenoxy) is 1. The van der Waals surface area contributed by atoms with E-state index >= 15 is 0 Å². The molecule has 5 aromatic rings. The number of aryl methyl sites for hydroxylation is 3. The largest absolute Gasteiger partial charge is 0.466 e. The molecule has 0 bridgehead atoms. The first kappa shape index (κ1) is 24.6. The molecule has 1 saturated heterocycles. The van der Waals surface area contributed by atoms with E-state index in [-0.39, 0.29) is 12.4 Å². The SMILES string of the molecule is CCOC(=O)Cc1c(C)cc2nc(-c3ccc4c(c3)c(N3CCCC3)nn4C)sc2c1-c1ccc(C)cc1. The van der Waals surface area contributed by atoms with Crippen LogP contribution >= 0.6 is 11.3 Å². The van der Waals surface area contributed by atoms with Crippen molar-refractivity contribution in [3.05, 3.63) is 65.2 Å². The van der Waals surface area contributed by atoms with E-state index in [0.717, 1.165) is 67.5 Å². The van der Waals surface area contributed by atoms with Gasteiger partial charge in [-0.3, -0.25) is 9.48 Å². The molecule has 0 spiro atoms. The number of anilines is 1. The lowest BCUT2D eigenvalue weighted by Crippen LogP contribution is -2.18. The van der Waals surface area contributed by atoms with Crippen LogP contribution in [0.1, 0.15) is 36.5 Å². The smallest absolute Gasteiger partial charge is 0.310 e. The van der Waals surface area contributed by atoms with Gasteiger partial charge in [0.1, 0.15) is 5.01 Å². The van der Waals surface area contributed by atoms with Gasteiger partial charge in [0, 0.05) is 36.7 Å². The van der Waals surface area contributed by atoms with Crippen molar-refractivity contribution >= 4 is 44.2 Å². The number of rotatable bonds is 6. The zero-order valence-electron chi connectivity index (χ0n) is 22.4. The third kappa shape index (κ3) is 4.35. The summed E-state index contributed by atoms with van der Waals surface area (Å²) in [4.78, 5) is 20.1. The third-order valence-corrected chi connectivity index (χ3v) is 8.60. The molecule has 0 N–H and O–H groups in total. The number of nitrogens with zero attached hydrogens (tertiary/aromatic N) is 4. The summed E-state index contributed by atoms with van der Waals surface area (Å²) in [5, 5.41) is 7.00. The van der Waals surface area contributed by atoms with Crippen LogP contribution in [-0.4, -0.2) is 40.4 Å². The maximum absolute atomic E-state index is 12.6. The topological polar surface area (TPSA) is 60.2 Å². The van der Waals surface area contributed by atoms with E-state index in [1.54, 1.807) is 11.3 Å². The molecule has 2 aromatic heterocycles. The third-order valence-electron chi connectivity index (χ3n) is 7.46. The molecular weight excluding hydrogens is 492 g/mol. The molecule has 1 fully saturated rings. The molecule has 0 aliphatic carbocycles. The summed E-state index contributed by atoms with van der Waals surface area (Å²) < 4.78 is 8.41. The second-order valence-electron chi connectivity index (χ2n) is 10.1. The van der Waals surface area contributed by atoms with Crippen LogP contribution < -0.4 is 4.90 Å². The number of thiazole rings is 1. The monoisotopic (exact) mass is 524 g/mol. The van der Waals surface area contributed by atoms with Crippen LogP contribution in [0, 0.1) is 13.8 Å². The van der Waals surface area contributed by atoms with Gasteiger partial charge in [0.25, 0.3) is 0 Å². The number of benzene rings is 3. The molecule has 6 nitrogen and oxygen atoms in total. The molecule has 0 atom stereocenters. The first-order valence-electron chi connectivity index (χ1n) is 13.3. The van der Waals surface area contributed by atoms with Crippen molar-refractivity contribution in [2.24, 2.45) is 7.05 Å². The van der Waals surface area contributed by atoms with Crippen LogP contribution in [0.3, 0.4) is 0 Å². The number of hydrogen-bond donors (Lipinski definition) is 0. The van der Waals surface area contributed by atoms with Crippen molar-refractivity contribution < 1.29 is 9.53 Å². The van der Waals surface area contributed by atoms with Gasteiger partial charge >= 0.3 is 5.97 Å². The van der Waals surface area contributed by atoms with Crippen LogP contribution in [0.4, 0.5) is 5.82 Å². The Morgan fingerprint density at radius 2 is 1.76 bits per heavy atom. The summed E-state index contributed by atoms with van der Waals surface area (Å²) >= 11 is 1.69. The van der Waals surface area contributed by atoms with Crippen LogP contribution in [0.15, 0.2) is 48.5 Å². The number of carbonyl (C=O) groups is 1. The predicted octanol–water partition coefficient (Wildman–Crippen LogP) is 6.84. The Labute approximate surface area is 226 Å². The molecule has 0 unspecified atom stereocenters. The molecule has 3 heterocycles. The summed E-state index contributed by atoms with van der Waals surface area (Å²) in [6.45, 7) is 8.49. The molecule has 6 rings (SSSR count). The van der Waals surface area contributed by atoms with E-state index < -0.39 is 0 Å². The quantitative estimate of drug-likeness (QED) is 0.228. The number of esters is 1. The molecule has 3 aromatic carbocycles. The Morgan fingerprint density at radius 3 is 2.50 bits per heavy atom. The van der Waals surface area contributed by atoms with Gasteiger partial charge in [0.15, 0.2) is 5.82 Å². The maximum Gasteiger partial charge on any atom is 0.310 e. The molecule has 1 aliphatic rings. The van der Waals surface area contributed by atoms with E-state index in [2.05, 4.69) is 67.3 Å². The standard InChI is InChI=1S/C31H32N4O2S/c1-5-37-27(36)18-23-20(3)16-25-29(28(23)21-10-8-19(2)9-11-21)38-31(32-25)22-12-13-26-24(17-22)30(33-34(26)4)35-14-6-7-15-35/h8-13,16-17H,5-7,14-15,18H2,1-4H3. The second-order valence-corrected chi connectivity index (χ2v) is 11.1. The van der Waals surface area contributed by atoms with E-state index in [9.17, 15) is 4.79 Å². The summed E-state index contributed by atoms with van der Waals surface area (Å²) in [5.74, 6) is 0.861. The van der Waals surface area contributed by atoms with Crippen LogP contribution in [0.2, 0.25) is 0 Å². The minimum Gasteiger partial charge on any atom is -0.466 e. The van der Waals surface area contributed by atoms with Crippen LogP contribution in [0.5, 0.6) is 0 Å². The fourth-order valence-electron chi connectivity index (χ4n) is 5.51. The molecule has 0 saturated carbocycles. The second kappa shape index (κ2) is 9.87. The summed E-state index contributed by atoms with van der Waals surface area (Å²) in [5.41, 5.74) is 8.61. The Hall–Kier alpha value is -3.71. The van der Waals surface area contributed by atoms with E-state index in [4.69, 9.17) is 14.8 Å². The van der Waals surface area contributed by atoms with Crippen molar-refractivity contribution in [3.8, 4) is 21.7 Å². The summed E-state index contributed by atoms with van der Waals surface area (Å²) in [6.07, 6.45) is 2.67. The highest BCUT2D eigenvalue weighted by atomic mass is 32.1. The lowest BCUT2D eigenvalue weighted by Gasteiger charge is -2.14. The highest BCUT2D eigenvalue weighted by Gasteiger charge is 2.22. The van der Waals surface area contributed by atoms with Crippen LogP contribution in [0.25, 0.3) is 42.8 Å². The predicted molar refractivity (Wildman–Crippen MR) is 156 cm³/mol. The number of aromatic nitrogens is 3. The van der Waals surface area contributed by atoms with Gasteiger partial charge in [-0.05, 0) is 74.6 Å². The lowest BCUT2D eigenvalue weighted by atomic mass is 9.93. The lowest BCUT2D eigenvalue weighted by molar-refractivity contribution is -0.142. The van der Waals surface area contributed by atoms with Crippen LogP contribution in [-0.2, 0) is 23.0 Å². The Balaban J connectivity index is 1.52. The zero-order valence-corrected chi connectivity index (χ0v) is 23.2. The van der Waals surface area contributed by atoms with Gasteiger partial charge in [0.05, 0.1) is 28.8 Å². The molecule has 0 radical (unpaired) electrons. The molecule has 1 aliphatic heterocycles. The van der Waals surface area contributed by atoms with Crippen molar-refractivity contribution in [3.63, 3.8) is 0 Å². The van der Waals surface area contributed by atoms with E-state index in [1.165, 1.54) is 23.8 Å².